The molecule has 0 aliphatic carbocycles. The second kappa shape index (κ2) is 9.38. The Morgan fingerprint density at radius 3 is 2.35 bits per heavy atom. The molecule has 2 aromatic rings. The van der Waals surface area contributed by atoms with Crippen LogP contribution in [-0.2, 0) is 16.4 Å². The van der Waals surface area contributed by atoms with E-state index in [1.54, 1.807) is 31.3 Å². The van der Waals surface area contributed by atoms with Gasteiger partial charge >= 0.3 is 0 Å². The molecule has 26 heavy (non-hydrogen) atoms. The fourth-order valence-corrected chi connectivity index (χ4v) is 3.97. The SMILES string of the molecule is CN=C(NCCCS(=O)(=O)c1ccccc1)N(C)Cc1ccc(C)cc1. The molecule has 0 aliphatic heterocycles. The van der Waals surface area contributed by atoms with Gasteiger partial charge in [-0.2, -0.15) is 0 Å². The van der Waals surface area contributed by atoms with E-state index in [1.165, 1.54) is 11.1 Å². The molecule has 0 amide bonds. The van der Waals surface area contributed by atoms with Gasteiger partial charge in [-0.15, -0.1) is 0 Å². The maximum atomic E-state index is 12.3. The number of hydrogen-bond donors (Lipinski definition) is 1. The van der Waals surface area contributed by atoms with Gasteiger partial charge in [0.2, 0.25) is 0 Å². The summed E-state index contributed by atoms with van der Waals surface area (Å²) in [5, 5.41) is 3.24. The van der Waals surface area contributed by atoms with Gasteiger partial charge in [-0.1, -0.05) is 48.0 Å². The molecule has 2 aromatic carbocycles. The minimum absolute atomic E-state index is 0.114. The summed E-state index contributed by atoms with van der Waals surface area (Å²) in [6, 6.07) is 17.0. The second-order valence-electron chi connectivity index (χ2n) is 6.30. The van der Waals surface area contributed by atoms with E-state index in [1.807, 2.05) is 18.0 Å². The maximum Gasteiger partial charge on any atom is 0.193 e. The third-order valence-electron chi connectivity index (χ3n) is 4.09. The molecule has 0 heterocycles. The zero-order valence-electron chi connectivity index (χ0n) is 15.6. The zero-order valence-corrected chi connectivity index (χ0v) is 16.5. The summed E-state index contributed by atoms with van der Waals surface area (Å²) in [5.74, 6) is 0.866. The highest BCUT2D eigenvalue weighted by molar-refractivity contribution is 7.91. The van der Waals surface area contributed by atoms with Crippen LogP contribution in [0.2, 0.25) is 0 Å². The molecule has 6 heteroatoms. The summed E-state index contributed by atoms with van der Waals surface area (Å²) in [7, 11) is 0.468. The highest BCUT2D eigenvalue weighted by atomic mass is 32.2. The summed E-state index contributed by atoms with van der Waals surface area (Å²) in [5.41, 5.74) is 2.44. The third-order valence-corrected chi connectivity index (χ3v) is 5.91. The van der Waals surface area contributed by atoms with Crippen LogP contribution < -0.4 is 5.32 Å². The second-order valence-corrected chi connectivity index (χ2v) is 8.41. The minimum Gasteiger partial charge on any atom is -0.356 e. The fraction of sp³-hybridized carbons (Fsp3) is 0.350. The van der Waals surface area contributed by atoms with Crippen molar-refractivity contribution in [2.75, 3.05) is 26.4 Å². The van der Waals surface area contributed by atoms with E-state index in [-0.39, 0.29) is 5.75 Å². The largest absolute Gasteiger partial charge is 0.356 e. The molecule has 1 N–H and O–H groups in total. The molecule has 0 spiro atoms. The van der Waals surface area contributed by atoms with E-state index >= 15 is 0 Å². The van der Waals surface area contributed by atoms with E-state index in [4.69, 9.17) is 0 Å². The van der Waals surface area contributed by atoms with Crippen LogP contribution in [-0.4, -0.2) is 45.7 Å². The van der Waals surface area contributed by atoms with Gasteiger partial charge in [0.05, 0.1) is 10.6 Å². The fourth-order valence-electron chi connectivity index (χ4n) is 2.64. The lowest BCUT2D eigenvalue weighted by Crippen LogP contribution is -2.39. The van der Waals surface area contributed by atoms with Crippen LogP contribution in [0.3, 0.4) is 0 Å². The van der Waals surface area contributed by atoms with Gasteiger partial charge in [-0.05, 0) is 31.0 Å². The molecule has 0 saturated carbocycles. The van der Waals surface area contributed by atoms with Crippen molar-refractivity contribution in [2.45, 2.75) is 24.8 Å². The number of nitrogens with one attached hydrogen (secondary N) is 1. The van der Waals surface area contributed by atoms with E-state index in [9.17, 15) is 8.42 Å². The number of aryl methyl sites for hydroxylation is 1. The van der Waals surface area contributed by atoms with Crippen molar-refractivity contribution in [3.8, 4) is 0 Å². The quantitative estimate of drug-likeness (QED) is 0.461. The molecular weight excluding hydrogens is 346 g/mol. The third kappa shape index (κ3) is 5.88. The van der Waals surface area contributed by atoms with E-state index in [2.05, 4.69) is 41.5 Å². The lowest BCUT2D eigenvalue weighted by atomic mass is 10.1. The van der Waals surface area contributed by atoms with Crippen LogP contribution in [0.5, 0.6) is 0 Å². The lowest BCUT2D eigenvalue weighted by molar-refractivity contribution is 0.476. The minimum atomic E-state index is -3.23. The van der Waals surface area contributed by atoms with Crippen molar-refractivity contribution in [2.24, 2.45) is 4.99 Å². The van der Waals surface area contributed by atoms with E-state index < -0.39 is 9.84 Å². The molecule has 2 rings (SSSR count). The summed E-state index contributed by atoms with van der Waals surface area (Å²) < 4.78 is 24.6. The van der Waals surface area contributed by atoms with E-state index in [0.29, 0.717) is 17.9 Å². The smallest absolute Gasteiger partial charge is 0.193 e. The van der Waals surface area contributed by atoms with Gasteiger partial charge in [-0.3, -0.25) is 4.99 Å². The molecule has 0 fully saturated rings. The number of nitrogens with zero attached hydrogens (tertiary/aromatic N) is 2. The number of hydrogen-bond acceptors (Lipinski definition) is 3. The number of rotatable bonds is 7. The molecule has 0 atom stereocenters. The lowest BCUT2D eigenvalue weighted by Gasteiger charge is -2.22. The molecule has 0 radical (unpaired) electrons. The van der Waals surface area contributed by atoms with Gasteiger partial charge in [-0.25, -0.2) is 8.42 Å². The molecule has 0 saturated heterocycles. The maximum absolute atomic E-state index is 12.3. The van der Waals surface area contributed by atoms with Crippen LogP contribution in [0.4, 0.5) is 0 Å². The Morgan fingerprint density at radius 1 is 1.08 bits per heavy atom. The highest BCUT2D eigenvalue weighted by Gasteiger charge is 2.13. The molecule has 140 valence electrons. The Labute approximate surface area is 156 Å². The van der Waals surface area contributed by atoms with Crippen molar-refractivity contribution in [3.05, 3.63) is 65.7 Å². The first-order chi connectivity index (χ1) is 12.4. The van der Waals surface area contributed by atoms with Crippen molar-refractivity contribution in [3.63, 3.8) is 0 Å². The predicted molar refractivity (Wildman–Crippen MR) is 107 cm³/mol. The Hall–Kier alpha value is -2.34. The molecule has 0 bridgehead atoms. The number of guanidine groups is 1. The Bertz CT molecular complexity index is 816. The number of sulfone groups is 1. The first-order valence-electron chi connectivity index (χ1n) is 8.67. The summed E-state index contributed by atoms with van der Waals surface area (Å²) in [6.45, 7) is 3.36. The van der Waals surface area contributed by atoms with Crippen LogP contribution in [0.15, 0.2) is 64.5 Å². The van der Waals surface area contributed by atoms with Gasteiger partial charge in [0, 0.05) is 27.2 Å². The van der Waals surface area contributed by atoms with Gasteiger partial charge in [0.15, 0.2) is 15.8 Å². The summed E-state index contributed by atoms with van der Waals surface area (Å²) in [6.07, 6.45) is 0.522. The monoisotopic (exact) mass is 373 g/mol. The Morgan fingerprint density at radius 2 is 1.73 bits per heavy atom. The molecular formula is C20H27N3O2S. The van der Waals surface area contributed by atoms with Crippen molar-refractivity contribution < 1.29 is 8.42 Å². The van der Waals surface area contributed by atoms with Gasteiger partial charge in [0.1, 0.15) is 0 Å². The van der Waals surface area contributed by atoms with Crippen LogP contribution in [0.25, 0.3) is 0 Å². The van der Waals surface area contributed by atoms with Crippen LogP contribution >= 0.6 is 0 Å². The average molecular weight is 374 g/mol. The van der Waals surface area contributed by atoms with Crippen molar-refractivity contribution in [1.29, 1.82) is 0 Å². The highest BCUT2D eigenvalue weighted by Crippen LogP contribution is 2.11. The molecule has 0 unspecified atom stereocenters. The van der Waals surface area contributed by atoms with Crippen molar-refractivity contribution in [1.82, 2.24) is 10.2 Å². The standard InChI is InChI=1S/C20H27N3O2S/c1-17-10-12-18(13-11-17)16-23(3)20(21-2)22-14-7-15-26(24,25)19-8-5-4-6-9-19/h4-6,8-13H,7,14-16H2,1-3H3,(H,21,22). The summed E-state index contributed by atoms with van der Waals surface area (Å²) in [4.78, 5) is 6.68. The Balaban J connectivity index is 1.82. The average Bonchev–Trinajstić information content (AvgIpc) is 2.64. The van der Waals surface area contributed by atoms with Crippen LogP contribution in [0.1, 0.15) is 17.5 Å². The molecule has 5 nitrogen and oxygen atoms in total. The predicted octanol–water partition coefficient (Wildman–Crippen LogP) is 2.87. The molecule has 0 aromatic heterocycles. The Kier molecular flexibility index (Phi) is 7.21. The van der Waals surface area contributed by atoms with Gasteiger partial charge < -0.3 is 10.2 Å². The van der Waals surface area contributed by atoms with Gasteiger partial charge in [0.25, 0.3) is 0 Å². The van der Waals surface area contributed by atoms with Crippen LogP contribution in [0, 0.1) is 6.92 Å². The molecule has 0 aliphatic rings. The number of benzene rings is 2. The first-order valence-corrected chi connectivity index (χ1v) is 10.3. The van der Waals surface area contributed by atoms with E-state index in [0.717, 1.165) is 12.5 Å². The topological polar surface area (TPSA) is 61.8 Å². The van der Waals surface area contributed by atoms with Crippen molar-refractivity contribution >= 4 is 15.8 Å². The first kappa shape index (κ1) is 20.0. The zero-order chi connectivity index (χ0) is 19.0. The number of aliphatic imine (C=N–C) groups is 1. The normalized spacial score (nSPS) is 12.0. The summed E-state index contributed by atoms with van der Waals surface area (Å²) >= 11 is 0.